The molecule has 2 atom stereocenters. The number of morpholine rings is 1. The van der Waals surface area contributed by atoms with Crippen LogP contribution in [-0.4, -0.2) is 59.3 Å². The van der Waals surface area contributed by atoms with Crippen molar-refractivity contribution in [3.63, 3.8) is 0 Å². The van der Waals surface area contributed by atoms with Crippen LogP contribution in [0, 0.1) is 5.92 Å². The van der Waals surface area contributed by atoms with Crippen LogP contribution in [0.4, 0.5) is 4.79 Å². The molecular formula is C20H28N2O5. The van der Waals surface area contributed by atoms with Crippen molar-refractivity contribution in [1.82, 2.24) is 9.88 Å². The molecule has 2 fully saturated rings. The highest BCUT2D eigenvalue weighted by atomic mass is 16.6. The number of nitrogens with zero attached hydrogens (tertiary/aromatic N) is 2. The van der Waals surface area contributed by atoms with Crippen LogP contribution in [0.2, 0.25) is 0 Å². The van der Waals surface area contributed by atoms with E-state index >= 15 is 0 Å². The Labute approximate surface area is 160 Å². The predicted octanol–water partition coefficient (Wildman–Crippen LogP) is 3.08. The number of carbonyl (C=O) groups excluding carboxylic acids is 2. The van der Waals surface area contributed by atoms with Gasteiger partial charge in [-0.15, -0.1) is 0 Å². The quantitative estimate of drug-likeness (QED) is 0.752. The third-order valence-electron chi connectivity index (χ3n) is 4.81. The summed E-state index contributed by atoms with van der Waals surface area (Å²) in [5.74, 6) is 0.424. The zero-order valence-electron chi connectivity index (χ0n) is 16.4. The zero-order valence-corrected chi connectivity index (χ0v) is 16.4. The number of ketones is 1. The van der Waals surface area contributed by atoms with Crippen LogP contribution in [0.1, 0.15) is 50.9 Å². The molecule has 7 heteroatoms. The summed E-state index contributed by atoms with van der Waals surface area (Å²) in [6.45, 7) is 8.85. The fourth-order valence-electron chi connectivity index (χ4n) is 3.74. The molecule has 0 aliphatic carbocycles. The van der Waals surface area contributed by atoms with Crippen molar-refractivity contribution >= 4 is 11.9 Å². The summed E-state index contributed by atoms with van der Waals surface area (Å²) in [5, 5.41) is 0. The molecule has 0 saturated carbocycles. The maximum Gasteiger partial charge on any atom is 0.410 e. The van der Waals surface area contributed by atoms with Gasteiger partial charge in [-0.3, -0.25) is 9.69 Å². The molecule has 0 N–H and O–H groups in total. The molecule has 2 unspecified atom stereocenters. The van der Waals surface area contributed by atoms with Gasteiger partial charge in [-0.25, -0.2) is 9.78 Å². The second kappa shape index (κ2) is 7.84. The molecule has 1 amide bonds. The lowest BCUT2D eigenvalue weighted by molar-refractivity contribution is -0.0861. The van der Waals surface area contributed by atoms with Gasteiger partial charge in [0.25, 0.3) is 0 Å². The highest BCUT2D eigenvalue weighted by Gasteiger charge is 2.45. The molecular weight excluding hydrogens is 348 g/mol. The van der Waals surface area contributed by atoms with E-state index in [2.05, 4.69) is 4.98 Å². The fourth-order valence-corrected chi connectivity index (χ4v) is 3.74. The molecule has 2 bridgehead atoms. The molecule has 0 aromatic carbocycles. The van der Waals surface area contributed by atoms with Gasteiger partial charge in [0.05, 0.1) is 31.9 Å². The van der Waals surface area contributed by atoms with Crippen molar-refractivity contribution in [3.8, 4) is 5.88 Å². The van der Waals surface area contributed by atoms with E-state index < -0.39 is 5.60 Å². The lowest BCUT2D eigenvalue weighted by atomic mass is 9.81. The predicted molar refractivity (Wildman–Crippen MR) is 98.9 cm³/mol. The maximum atomic E-state index is 12.9. The van der Waals surface area contributed by atoms with Crippen molar-refractivity contribution in [1.29, 1.82) is 0 Å². The van der Waals surface area contributed by atoms with E-state index in [4.69, 9.17) is 14.2 Å². The van der Waals surface area contributed by atoms with Gasteiger partial charge < -0.3 is 14.2 Å². The summed E-state index contributed by atoms with van der Waals surface area (Å²) in [5.41, 5.74) is 0.0283. The van der Waals surface area contributed by atoms with Crippen LogP contribution in [0.25, 0.3) is 0 Å². The first-order valence-electron chi connectivity index (χ1n) is 9.50. The third kappa shape index (κ3) is 4.58. The van der Waals surface area contributed by atoms with Crippen molar-refractivity contribution in [2.75, 3.05) is 19.8 Å². The molecule has 1 aromatic heterocycles. The van der Waals surface area contributed by atoms with Gasteiger partial charge in [0.1, 0.15) is 5.60 Å². The number of fused-ring (bicyclic) bond motifs is 2. The van der Waals surface area contributed by atoms with E-state index in [1.807, 2.05) is 27.7 Å². The van der Waals surface area contributed by atoms with Gasteiger partial charge in [-0.1, -0.05) is 0 Å². The SMILES string of the molecule is CCOc1ccc(C(=O)C2CC3COCC(C2)N3C(=O)OC(C)(C)C)cn1. The Kier molecular flexibility index (Phi) is 5.69. The molecule has 0 spiro atoms. The normalized spacial score (nSPS) is 25.0. The lowest BCUT2D eigenvalue weighted by Gasteiger charge is -2.47. The van der Waals surface area contributed by atoms with Gasteiger partial charge >= 0.3 is 6.09 Å². The minimum Gasteiger partial charge on any atom is -0.478 e. The average molecular weight is 376 g/mol. The molecule has 3 rings (SSSR count). The Bertz CT molecular complexity index is 669. The van der Waals surface area contributed by atoms with Gasteiger partial charge in [0, 0.05) is 23.7 Å². The minimum absolute atomic E-state index is 0.0614. The van der Waals surface area contributed by atoms with E-state index in [-0.39, 0.29) is 29.9 Å². The summed E-state index contributed by atoms with van der Waals surface area (Å²) in [7, 11) is 0. The van der Waals surface area contributed by atoms with Gasteiger partial charge in [0.2, 0.25) is 5.88 Å². The van der Waals surface area contributed by atoms with E-state index in [9.17, 15) is 9.59 Å². The monoisotopic (exact) mass is 376 g/mol. The van der Waals surface area contributed by atoms with Crippen LogP contribution in [0.5, 0.6) is 5.88 Å². The van der Waals surface area contributed by atoms with Crippen LogP contribution < -0.4 is 4.74 Å². The number of ether oxygens (including phenoxy) is 3. The molecule has 3 heterocycles. The number of piperidine rings is 1. The summed E-state index contributed by atoms with van der Waals surface area (Å²) in [4.78, 5) is 31.5. The van der Waals surface area contributed by atoms with E-state index in [1.165, 1.54) is 0 Å². The number of Topliss-reactive ketones (excluding diaryl/α,β-unsaturated/α-hetero) is 1. The summed E-state index contributed by atoms with van der Waals surface area (Å²) < 4.78 is 16.5. The molecule has 1 aromatic rings. The molecule has 2 aliphatic rings. The first-order chi connectivity index (χ1) is 12.8. The zero-order chi connectivity index (χ0) is 19.6. The molecule has 2 aliphatic heterocycles. The number of amides is 1. The number of carbonyl (C=O) groups is 2. The van der Waals surface area contributed by atoms with Gasteiger partial charge in [0.15, 0.2) is 5.78 Å². The fraction of sp³-hybridized carbons (Fsp3) is 0.650. The van der Waals surface area contributed by atoms with Gasteiger partial charge in [-0.05, 0) is 46.6 Å². The van der Waals surface area contributed by atoms with Crippen molar-refractivity contribution in [2.45, 2.75) is 58.2 Å². The summed E-state index contributed by atoms with van der Waals surface area (Å²) >= 11 is 0. The van der Waals surface area contributed by atoms with Crippen LogP contribution in [0.15, 0.2) is 18.3 Å². The van der Waals surface area contributed by atoms with Crippen LogP contribution in [0.3, 0.4) is 0 Å². The van der Waals surface area contributed by atoms with Crippen LogP contribution in [-0.2, 0) is 9.47 Å². The number of aromatic nitrogens is 1. The topological polar surface area (TPSA) is 78.0 Å². The Morgan fingerprint density at radius 1 is 1.22 bits per heavy atom. The smallest absolute Gasteiger partial charge is 0.410 e. The summed E-state index contributed by atoms with van der Waals surface area (Å²) in [6, 6.07) is 3.19. The largest absolute Gasteiger partial charge is 0.478 e. The van der Waals surface area contributed by atoms with Crippen molar-refractivity contribution < 1.29 is 23.8 Å². The molecule has 7 nitrogen and oxygen atoms in total. The van der Waals surface area contributed by atoms with Crippen molar-refractivity contribution in [3.05, 3.63) is 23.9 Å². The third-order valence-corrected chi connectivity index (χ3v) is 4.81. The molecule has 2 saturated heterocycles. The number of hydrogen-bond donors (Lipinski definition) is 0. The maximum absolute atomic E-state index is 12.9. The Balaban J connectivity index is 1.70. The van der Waals surface area contributed by atoms with E-state index in [0.717, 1.165) is 0 Å². The first-order valence-corrected chi connectivity index (χ1v) is 9.50. The number of hydrogen-bond acceptors (Lipinski definition) is 6. The Morgan fingerprint density at radius 3 is 2.41 bits per heavy atom. The standard InChI is InChI=1S/C20H28N2O5/c1-5-26-17-7-6-13(10-21-17)18(23)14-8-15-11-25-12-16(9-14)22(15)19(24)27-20(2,3)4/h6-7,10,14-16H,5,8-9,11-12H2,1-4H3. The molecule has 27 heavy (non-hydrogen) atoms. The number of pyridine rings is 1. The molecule has 148 valence electrons. The van der Waals surface area contributed by atoms with E-state index in [0.29, 0.717) is 44.1 Å². The van der Waals surface area contributed by atoms with Gasteiger partial charge in [-0.2, -0.15) is 0 Å². The first kappa shape index (κ1) is 19.6. The summed E-state index contributed by atoms with van der Waals surface area (Å²) in [6.07, 6.45) is 2.39. The van der Waals surface area contributed by atoms with E-state index in [1.54, 1.807) is 23.2 Å². The highest BCUT2D eigenvalue weighted by Crippen LogP contribution is 2.34. The highest BCUT2D eigenvalue weighted by molar-refractivity contribution is 5.97. The second-order valence-corrected chi connectivity index (χ2v) is 8.08. The van der Waals surface area contributed by atoms with Crippen molar-refractivity contribution in [2.24, 2.45) is 5.92 Å². The minimum atomic E-state index is -0.549. The number of rotatable bonds is 4. The van der Waals surface area contributed by atoms with Crippen LogP contribution >= 0.6 is 0 Å². The Morgan fingerprint density at radius 2 is 1.89 bits per heavy atom. The second-order valence-electron chi connectivity index (χ2n) is 8.08. The molecule has 0 radical (unpaired) electrons. The Hall–Kier alpha value is -2.15. The average Bonchev–Trinajstić information content (AvgIpc) is 2.59. The lowest BCUT2D eigenvalue weighted by Crippen LogP contribution is -2.60.